The van der Waals surface area contributed by atoms with Crippen molar-refractivity contribution in [2.45, 2.75) is 34.6 Å². The topological polar surface area (TPSA) is 12.9 Å². The first-order chi connectivity index (χ1) is 8.25. The van der Waals surface area contributed by atoms with Crippen molar-refractivity contribution in [3.05, 3.63) is 35.5 Å². The van der Waals surface area contributed by atoms with Gasteiger partial charge in [-0.05, 0) is 12.5 Å². The van der Waals surface area contributed by atoms with Crippen LogP contribution in [0.1, 0.15) is 32.7 Å². The minimum absolute atomic E-state index is 0.796. The highest BCUT2D eigenvalue weighted by atomic mass is 32.1. The van der Waals surface area contributed by atoms with E-state index in [2.05, 4.69) is 4.98 Å². The Morgan fingerprint density at radius 2 is 1.53 bits per heavy atom. The van der Waals surface area contributed by atoms with E-state index in [1.165, 1.54) is 10.4 Å². The second-order valence-electron chi connectivity index (χ2n) is 2.87. The van der Waals surface area contributed by atoms with Crippen LogP contribution in [0.25, 0.3) is 10.4 Å². The summed E-state index contributed by atoms with van der Waals surface area (Å²) >= 11 is 1.69. The van der Waals surface area contributed by atoms with Gasteiger partial charge >= 0.3 is 0 Å². The third-order valence-corrected chi connectivity index (χ3v) is 2.78. The molecule has 2 rings (SSSR count). The Bertz CT molecular complexity index is 406. The van der Waals surface area contributed by atoms with Crippen LogP contribution in [0.4, 0.5) is 0 Å². The van der Waals surface area contributed by atoms with E-state index in [4.69, 9.17) is 7.85 Å². The van der Waals surface area contributed by atoms with Crippen molar-refractivity contribution in [2.24, 2.45) is 0 Å². The van der Waals surface area contributed by atoms with Crippen LogP contribution in [0.2, 0.25) is 0 Å². The second kappa shape index (κ2) is 9.00. The van der Waals surface area contributed by atoms with E-state index in [0.29, 0.717) is 0 Å². The van der Waals surface area contributed by atoms with Gasteiger partial charge < -0.3 is 0 Å². The van der Waals surface area contributed by atoms with Gasteiger partial charge in [0.2, 0.25) is 0 Å². The zero-order valence-corrected chi connectivity index (χ0v) is 12.1. The standard InChI is InChI=1S/C10H8BNS.2C2H6/c1-7-12-6-10(13-7)8-2-4-9(11)5-3-8;2*1-2/h2-6H,1H3;2*1-2H3. The summed E-state index contributed by atoms with van der Waals surface area (Å²) in [4.78, 5) is 5.39. The molecular weight excluding hydrogens is 225 g/mol. The number of nitrogens with zero attached hydrogens (tertiary/aromatic N) is 1. The van der Waals surface area contributed by atoms with Gasteiger partial charge in [-0.2, -0.15) is 0 Å². The van der Waals surface area contributed by atoms with Crippen LogP contribution in [0.3, 0.4) is 0 Å². The van der Waals surface area contributed by atoms with Crippen LogP contribution in [-0.4, -0.2) is 12.8 Å². The lowest BCUT2D eigenvalue weighted by atomic mass is 9.95. The summed E-state index contributed by atoms with van der Waals surface area (Å²) in [6.07, 6.45) is 1.89. The van der Waals surface area contributed by atoms with E-state index in [0.717, 1.165) is 10.5 Å². The minimum atomic E-state index is 0.796. The molecule has 0 amide bonds. The maximum Gasteiger partial charge on any atom is 0.113 e. The molecule has 0 unspecified atom stereocenters. The number of aromatic nitrogens is 1. The van der Waals surface area contributed by atoms with Gasteiger partial charge in [0.05, 0.1) is 9.88 Å². The average molecular weight is 245 g/mol. The highest BCUT2D eigenvalue weighted by Crippen LogP contribution is 2.24. The van der Waals surface area contributed by atoms with Crippen LogP contribution in [0, 0.1) is 6.92 Å². The van der Waals surface area contributed by atoms with Crippen molar-refractivity contribution >= 4 is 24.6 Å². The van der Waals surface area contributed by atoms with Crippen molar-refractivity contribution < 1.29 is 0 Å². The lowest BCUT2D eigenvalue weighted by Crippen LogP contribution is -1.98. The first kappa shape index (κ1) is 15.9. The summed E-state index contributed by atoms with van der Waals surface area (Å²) in [5.74, 6) is 0. The van der Waals surface area contributed by atoms with Gasteiger partial charge in [-0.25, -0.2) is 4.98 Å². The van der Waals surface area contributed by atoms with Crippen molar-refractivity contribution in [3.63, 3.8) is 0 Å². The van der Waals surface area contributed by atoms with Gasteiger partial charge in [-0.1, -0.05) is 57.4 Å². The van der Waals surface area contributed by atoms with Crippen LogP contribution >= 0.6 is 11.3 Å². The molecule has 1 aromatic heterocycles. The van der Waals surface area contributed by atoms with Gasteiger partial charge in [-0.15, -0.1) is 11.3 Å². The van der Waals surface area contributed by atoms with Crippen molar-refractivity contribution in [1.82, 2.24) is 4.98 Å². The molecule has 0 N–H and O–H groups in total. The Balaban J connectivity index is 0.000000581. The Labute approximate surface area is 110 Å². The summed E-state index contributed by atoms with van der Waals surface area (Å²) < 4.78 is 0. The smallest absolute Gasteiger partial charge is 0.113 e. The number of aryl methyl sites for hydroxylation is 1. The molecule has 0 aliphatic heterocycles. The molecule has 0 bridgehead atoms. The highest BCUT2D eigenvalue weighted by molar-refractivity contribution is 7.15. The summed E-state index contributed by atoms with van der Waals surface area (Å²) in [6, 6.07) is 7.85. The van der Waals surface area contributed by atoms with Gasteiger partial charge in [0, 0.05) is 6.20 Å². The molecule has 0 aliphatic carbocycles. The Hall–Kier alpha value is -1.09. The molecule has 1 heterocycles. The van der Waals surface area contributed by atoms with Gasteiger partial charge in [0.15, 0.2) is 0 Å². The molecule has 17 heavy (non-hydrogen) atoms. The summed E-state index contributed by atoms with van der Waals surface area (Å²) in [5.41, 5.74) is 1.98. The molecule has 1 nitrogen and oxygen atoms in total. The Kier molecular flexibility index (Phi) is 8.42. The molecule has 0 saturated heterocycles. The molecule has 1 aromatic carbocycles. The maximum absolute atomic E-state index is 5.60. The SMILES string of the molecule is CC.CC.[B]c1ccc(-c2cnc(C)s2)cc1. The van der Waals surface area contributed by atoms with Crippen LogP contribution < -0.4 is 5.46 Å². The zero-order chi connectivity index (χ0) is 13.3. The van der Waals surface area contributed by atoms with Crippen molar-refractivity contribution in [2.75, 3.05) is 0 Å². The molecule has 0 saturated carbocycles. The molecule has 3 heteroatoms. The van der Waals surface area contributed by atoms with E-state index in [1.807, 2.05) is 65.1 Å². The summed E-state index contributed by atoms with van der Waals surface area (Å²) in [5, 5.41) is 1.09. The van der Waals surface area contributed by atoms with E-state index in [1.54, 1.807) is 11.3 Å². The van der Waals surface area contributed by atoms with Crippen LogP contribution in [0.5, 0.6) is 0 Å². The molecule has 0 spiro atoms. The van der Waals surface area contributed by atoms with Crippen LogP contribution in [-0.2, 0) is 0 Å². The van der Waals surface area contributed by atoms with E-state index in [-0.39, 0.29) is 0 Å². The van der Waals surface area contributed by atoms with Crippen molar-refractivity contribution in [3.8, 4) is 10.4 Å². The maximum atomic E-state index is 5.60. The molecular formula is C14H20BNS. The Morgan fingerprint density at radius 1 is 1.00 bits per heavy atom. The summed E-state index contributed by atoms with van der Waals surface area (Å²) in [6.45, 7) is 10.0. The molecule has 2 aromatic rings. The number of hydrogen-bond donors (Lipinski definition) is 0. The third kappa shape index (κ3) is 5.18. The molecule has 0 aliphatic rings. The number of hydrogen-bond acceptors (Lipinski definition) is 2. The molecule has 0 fully saturated rings. The quantitative estimate of drug-likeness (QED) is 0.693. The normalized spacial score (nSPS) is 8.53. The molecule has 2 radical (unpaired) electrons. The highest BCUT2D eigenvalue weighted by Gasteiger charge is 1.99. The lowest BCUT2D eigenvalue weighted by Gasteiger charge is -1.96. The number of thiazole rings is 1. The first-order valence-corrected chi connectivity index (χ1v) is 6.86. The van der Waals surface area contributed by atoms with Gasteiger partial charge in [0.25, 0.3) is 0 Å². The van der Waals surface area contributed by atoms with Gasteiger partial charge in [-0.3, -0.25) is 0 Å². The number of rotatable bonds is 1. The average Bonchev–Trinajstić information content (AvgIpc) is 2.82. The largest absolute Gasteiger partial charge is 0.249 e. The molecule has 90 valence electrons. The predicted octanol–water partition coefficient (Wildman–Crippen LogP) is 3.96. The first-order valence-electron chi connectivity index (χ1n) is 6.04. The summed E-state index contributed by atoms with van der Waals surface area (Å²) in [7, 11) is 5.60. The fourth-order valence-electron chi connectivity index (χ4n) is 1.14. The fraction of sp³-hybridized carbons (Fsp3) is 0.357. The predicted molar refractivity (Wildman–Crippen MR) is 80.4 cm³/mol. The van der Waals surface area contributed by atoms with Gasteiger partial charge in [0.1, 0.15) is 7.85 Å². The van der Waals surface area contributed by atoms with Crippen molar-refractivity contribution in [1.29, 1.82) is 0 Å². The second-order valence-corrected chi connectivity index (χ2v) is 4.10. The minimum Gasteiger partial charge on any atom is -0.249 e. The van der Waals surface area contributed by atoms with E-state index in [9.17, 15) is 0 Å². The lowest BCUT2D eigenvalue weighted by molar-refractivity contribution is 1.30. The monoisotopic (exact) mass is 245 g/mol. The fourth-order valence-corrected chi connectivity index (χ4v) is 1.93. The van der Waals surface area contributed by atoms with E-state index < -0.39 is 0 Å². The van der Waals surface area contributed by atoms with E-state index >= 15 is 0 Å². The number of benzene rings is 1. The molecule has 0 atom stereocenters. The zero-order valence-electron chi connectivity index (χ0n) is 11.3. The van der Waals surface area contributed by atoms with Crippen LogP contribution in [0.15, 0.2) is 30.5 Å². The third-order valence-electron chi connectivity index (χ3n) is 1.82. The Morgan fingerprint density at radius 3 is 1.94 bits per heavy atom.